The van der Waals surface area contributed by atoms with E-state index in [9.17, 15) is 9.59 Å². The summed E-state index contributed by atoms with van der Waals surface area (Å²) in [6.07, 6.45) is 3.43. The maximum Gasteiger partial charge on any atom is 0.236 e. The van der Waals surface area contributed by atoms with Crippen molar-refractivity contribution >= 4 is 11.8 Å². The van der Waals surface area contributed by atoms with E-state index in [-0.39, 0.29) is 24.3 Å². The average Bonchev–Trinajstić information content (AvgIpc) is 3.11. The Kier molecular flexibility index (Phi) is 3.79. The molecule has 1 saturated carbocycles. The summed E-state index contributed by atoms with van der Waals surface area (Å²) < 4.78 is 10.8. The first kappa shape index (κ1) is 15.6. The molecule has 8 nitrogen and oxygen atoms in total. The van der Waals surface area contributed by atoms with Crippen molar-refractivity contribution in [3.8, 4) is 0 Å². The van der Waals surface area contributed by atoms with Gasteiger partial charge in [-0.3, -0.25) is 9.59 Å². The van der Waals surface area contributed by atoms with Crippen molar-refractivity contribution < 1.29 is 18.8 Å². The SMILES string of the molecule is Cc1noc(CC(=O)N2CC[C@H]3OCC[C@@]3(C(=O)NC3CC3)C2)n1. The summed E-state index contributed by atoms with van der Waals surface area (Å²) >= 11 is 0. The van der Waals surface area contributed by atoms with Crippen molar-refractivity contribution in [3.63, 3.8) is 0 Å². The molecule has 2 saturated heterocycles. The number of nitrogens with zero attached hydrogens (tertiary/aromatic N) is 3. The molecule has 3 fully saturated rings. The lowest BCUT2D eigenvalue weighted by Crippen LogP contribution is -2.58. The lowest BCUT2D eigenvalue weighted by molar-refractivity contribution is -0.146. The lowest BCUT2D eigenvalue weighted by Gasteiger charge is -2.42. The molecule has 2 amide bonds. The van der Waals surface area contributed by atoms with E-state index in [1.165, 1.54) is 0 Å². The largest absolute Gasteiger partial charge is 0.377 e. The van der Waals surface area contributed by atoms with Gasteiger partial charge in [-0.2, -0.15) is 4.98 Å². The van der Waals surface area contributed by atoms with E-state index in [2.05, 4.69) is 15.5 Å². The van der Waals surface area contributed by atoms with Crippen LogP contribution in [0.25, 0.3) is 0 Å². The molecular formula is C16H22N4O4. The molecule has 3 aliphatic rings. The van der Waals surface area contributed by atoms with Crippen LogP contribution in [-0.4, -0.2) is 58.7 Å². The number of carbonyl (C=O) groups excluding carboxylic acids is 2. The molecule has 1 aromatic rings. The summed E-state index contributed by atoms with van der Waals surface area (Å²) in [4.78, 5) is 31.2. The number of fused-ring (bicyclic) bond motifs is 1. The molecule has 2 aliphatic heterocycles. The lowest BCUT2D eigenvalue weighted by atomic mass is 9.75. The predicted molar refractivity (Wildman–Crippen MR) is 81.9 cm³/mol. The Morgan fingerprint density at radius 1 is 1.38 bits per heavy atom. The number of nitrogens with one attached hydrogen (secondary N) is 1. The second kappa shape index (κ2) is 5.84. The van der Waals surface area contributed by atoms with Crippen LogP contribution in [0.3, 0.4) is 0 Å². The molecule has 3 heterocycles. The zero-order valence-electron chi connectivity index (χ0n) is 13.8. The summed E-state index contributed by atoms with van der Waals surface area (Å²) in [6, 6.07) is 0.306. The fourth-order valence-corrected chi connectivity index (χ4v) is 3.69. The number of ether oxygens (including phenoxy) is 1. The van der Waals surface area contributed by atoms with Gasteiger partial charge in [0.25, 0.3) is 0 Å². The second-order valence-electron chi connectivity index (χ2n) is 7.03. The van der Waals surface area contributed by atoms with Crippen molar-refractivity contribution in [1.82, 2.24) is 20.4 Å². The Bertz CT molecular complexity index is 656. The maximum absolute atomic E-state index is 12.8. The summed E-state index contributed by atoms with van der Waals surface area (Å²) in [6.45, 7) is 3.29. The highest BCUT2D eigenvalue weighted by Gasteiger charge is 2.54. The number of aryl methyl sites for hydroxylation is 1. The highest BCUT2D eigenvalue weighted by Crippen LogP contribution is 2.42. The van der Waals surface area contributed by atoms with Gasteiger partial charge >= 0.3 is 0 Å². The second-order valence-corrected chi connectivity index (χ2v) is 7.03. The smallest absolute Gasteiger partial charge is 0.236 e. The number of aromatic nitrogens is 2. The van der Waals surface area contributed by atoms with Crippen LogP contribution in [0.4, 0.5) is 0 Å². The Hall–Kier alpha value is -1.96. The highest BCUT2D eigenvalue weighted by molar-refractivity contribution is 5.86. The van der Waals surface area contributed by atoms with Crippen molar-refractivity contribution in [2.45, 2.75) is 51.2 Å². The Morgan fingerprint density at radius 2 is 2.21 bits per heavy atom. The molecule has 1 N–H and O–H groups in total. The number of carbonyl (C=O) groups is 2. The molecule has 1 aliphatic carbocycles. The first-order chi connectivity index (χ1) is 11.6. The average molecular weight is 334 g/mol. The molecule has 4 rings (SSSR count). The van der Waals surface area contributed by atoms with E-state index in [1.54, 1.807) is 11.8 Å². The van der Waals surface area contributed by atoms with Crippen LogP contribution < -0.4 is 5.32 Å². The maximum atomic E-state index is 12.8. The molecule has 130 valence electrons. The molecule has 0 bridgehead atoms. The van der Waals surface area contributed by atoms with Crippen LogP contribution in [0.2, 0.25) is 0 Å². The summed E-state index contributed by atoms with van der Waals surface area (Å²) in [5.74, 6) is 0.793. The van der Waals surface area contributed by atoms with Crippen LogP contribution in [-0.2, 0) is 20.7 Å². The molecule has 2 atom stereocenters. The van der Waals surface area contributed by atoms with Crippen molar-refractivity contribution in [2.75, 3.05) is 19.7 Å². The normalized spacial score (nSPS) is 29.4. The number of hydrogen-bond acceptors (Lipinski definition) is 6. The van der Waals surface area contributed by atoms with E-state index in [4.69, 9.17) is 9.26 Å². The van der Waals surface area contributed by atoms with Crippen LogP contribution >= 0.6 is 0 Å². The number of hydrogen-bond donors (Lipinski definition) is 1. The molecule has 0 unspecified atom stereocenters. The minimum Gasteiger partial charge on any atom is -0.377 e. The monoisotopic (exact) mass is 334 g/mol. The zero-order chi connectivity index (χ0) is 16.7. The molecule has 24 heavy (non-hydrogen) atoms. The van der Waals surface area contributed by atoms with Gasteiger partial charge in [0.05, 0.1) is 11.5 Å². The van der Waals surface area contributed by atoms with Crippen molar-refractivity contribution in [2.24, 2.45) is 5.41 Å². The topological polar surface area (TPSA) is 97.6 Å². The minimum absolute atomic E-state index is 0.0404. The molecule has 0 radical (unpaired) electrons. The Morgan fingerprint density at radius 3 is 2.92 bits per heavy atom. The van der Waals surface area contributed by atoms with E-state index in [0.717, 1.165) is 12.8 Å². The third-order valence-corrected chi connectivity index (χ3v) is 5.21. The highest BCUT2D eigenvalue weighted by atomic mass is 16.5. The first-order valence-corrected chi connectivity index (χ1v) is 8.56. The number of rotatable bonds is 4. The zero-order valence-corrected chi connectivity index (χ0v) is 13.8. The van der Waals surface area contributed by atoms with Crippen LogP contribution in [0.15, 0.2) is 4.52 Å². The van der Waals surface area contributed by atoms with E-state index in [0.29, 0.717) is 50.3 Å². The van der Waals surface area contributed by atoms with E-state index in [1.807, 2.05) is 0 Å². The molecule has 0 spiro atoms. The van der Waals surface area contributed by atoms with Gasteiger partial charge in [0.2, 0.25) is 17.7 Å². The predicted octanol–water partition coefficient (Wildman–Crippen LogP) is 0.207. The standard InChI is InChI=1S/C16H22N4O4/c1-10-17-13(24-19-10)8-14(21)20-6-4-12-16(9-20,5-7-23-12)15(22)18-11-2-3-11/h11-12H,2-9H2,1H3,(H,18,22)/t12-,16-/m1/s1. The third kappa shape index (κ3) is 2.79. The van der Waals surface area contributed by atoms with Gasteiger partial charge in [-0.15, -0.1) is 0 Å². The summed E-state index contributed by atoms with van der Waals surface area (Å²) in [5.41, 5.74) is -0.610. The summed E-state index contributed by atoms with van der Waals surface area (Å²) in [5, 5.41) is 6.81. The molecule has 0 aromatic carbocycles. The quantitative estimate of drug-likeness (QED) is 0.845. The van der Waals surface area contributed by atoms with Gasteiger partial charge in [0.1, 0.15) is 6.42 Å². The fourth-order valence-electron chi connectivity index (χ4n) is 3.69. The van der Waals surface area contributed by atoms with Crippen molar-refractivity contribution in [3.05, 3.63) is 11.7 Å². The van der Waals surface area contributed by atoms with Crippen molar-refractivity contribution in [1.29, 1.82) is 0 Å². The van der Waals surface area contributed by atoms with Crippen LogP contribution in [0.1, 0.15) is 37.4 Å². The Labute approximate surface area is 139 Å². The molecule has 1 aromatic heterocycles. The van der Waals surface area contributed by atoms with Gasteiger partial charge in [-0.1, -0.05) is 5.16 Å². The van der Waals surface area contributed by atoms with Gasteiger partial charge in [0, 0.05) is 25.7 Å². The van der Waals surface area contributed by atoms with Gasteiger partial charge in [-0.05, 0) is 32.6 Å². The minimum atomic E-state index is -0.610. The number of amides is 2. The Balaban J connectivity index is 1.47. The van der Waals surface area contributed by atoms with Gasteiger partial charge in [-0.25, -0.2) is 0 Å². The molecule has 8 heteroatoms. The number of likely N-dealkylation sites (tertiary alicyclic amines) is 1. The third-order valence-electron chi connectivity index (χ3n) is 5.21. The van der Waals surface area contributed by atoms with Gasteiger partial charge in [0.15, 0.2) is 5.82 Å². The number of piperidine rings is 1. The fraction of sp³-hybridized carbons (Fsp3) is 0.750. The summed E-state index contributed by atoms with van der Waals surface area (Å²) in [7, 11) is 0. The van der Waals surface area contributed by atoms with Crippen LogP contribution in [0.5, 0.6) is 0 Å². The molecular weight excluding hydrogens is 312 g/mol. The van der Waals surface area contributed by atoms with E-state index >= 15 is 0 Å². The van der Waals surface area contributed by atoms with Crippen LogP contribution in [0, 0.1) is 12.3 Å². The first-order valence-electron chi connectivity index (χ1n) is 8.56. The van der Waals surface area contributed by atoms with E-state index < -0.39 is 5.41 Å². The van der Waals surface area contributed by atoms with Gasteiger partial charge < -0.3 is 19.5 Å².